The predicted octanol–water partition coefficient (Wildman–Crippen LogP) is 3.19. The van der Waals surface area contributed by atoms with E-state index in [1.165, 1.54) is 0 Å². The molecule has 3 aromatic rings. The minimum Gasteiger partial charge on any atom is -0.494 e. The summed E-state index contributed by atoms with van der Waals surface area (Å²) in [7, 11) is 1.65. The number of fused-ring (bicyclic) bond motifs is 1. The third kappa shape index (κ3) is 3.09. The van der Waals surface area contributed by atoms with Crippen LogP contribution >= 0.6 is 11.8 Å². The maximum Gasteiger partial charge on any atom is 0.189 e. The van der Waals surface area contributed by atoms with Crippen molar-refractivity contribution in [2.75, 3.05) is 19.9 Å². The second kappa shape index (κ2) is 7.19. The summed E-state index contributed by atoms with van der Waals surface area (Å²) in [5.74, 6) is 0.714. The first-order valence-corrected chi connectivity index (χ1v) is 9.06. The van der Waals surface area contributed by atoms with Crippen LogP contribution in [0.25, 0.3) is 16.8 Å². The van der Waals surface area contributed by atoms with Crippen molar-refractivity contribution in [2.45, 2.75) is 25.0 Å². The quantitative estimate of drug-likeness (QED) is 0.548. The summed E-state index contributed by atoms with van der Waals surface area (Å²) in [5, 5.41) is 8.54. The number of methoxy groups -OCH3 is 1. The van der Waals surface area contributed by atoms with Gasteiger partial charge in [0.05, 0.1) is 36.4 Å². The molecule has 24 heavy (non-hydrogen) atoms. The number of hydrogen-bond donors (Lipinski definition) is 1. The van der Waals surface area contributed by atoms with Crippen LogP contribution < -0.4 is 10.1 Å². The van der Waals surface area contributed by atoms with E-state index in [-0.39, 0.29) is 6.04 Å². The van der Waals surface area contributed by atoms with Crippen LogP contribution in [0.2, 0.25) is 0 Å². The van der Waals surface area contributed by atoms with Crippen LogP contribution in [-0.4, -0.2) is 39.5 Å². The van der Waals surface area contributed by atoms with E-state index in [1.807, 2.05) is 29.0 Å². The molecule has 0 radical (unpaired) electrons. The minimum atomic E-state index is 0.165. The van der Waals surface area contributed by atoms with Crippen molar-refractivity contribution in [1.29, 1.82) is 0 Å². The van der Waals surface area contributed by atoms with Crippen LogP contribution in [0.5, 0.6) is 5.75 Å². The van der Waals surface area contributed by atoms with E-state index in [9.17, 15) is 0 Å². The summed E-state index contributed by atoms with van der Waals surface area (Å²) < 4.78 is 7.35. The number of hydrogen-bond acceptors (Lipinski definition) is 6. The number of aromatic nitrogens is 4. The third-order valence-corrected chi connectivity index (χ3v) is 4.50. The highest BCUT2D eigenvalue weighted by atomic mass is 32.2. The molecule has 3 rings (SSSR count). The lowest BCUT2D eigenvalue weighted by atomic mass is 10.1. The van der Waals surface area contributed by atoms with Gasteiger partial charge in [-0.1, -0.05) is 18.7 Å². The first-order valence-electron chi connectivity index (χ1n) is 7.84. The van der Waals surface area contributed by atoms with Crippen molar-refractivity contribution >= 4 is 17.3 Å². The molecular formula is C17H21N5OS. The Kier molecular flexibility index (Phi) is 5.01. The highest BCUT2D eigenvalue weighted by molar-refractivity contribution is 7.98. The molecule has 0 aromatic carbocycles. The van der Waals surface area contributed by atoms with E-state index in [0.717, 1.165) is 34.2 Å². The Morgan fingerprint density at radius 2 is 2.21 bits per heavy atom. The van der Waals surface area contributed by atoms with Crippen molar-refractivity contribution in [1.82, 2.24) is 24.9 Å². The first kappa shape index (κ1) is 16.7. The fraction of sp³-hybridized carbons (Fsp3) is 0.353. The van der Waals surface area contributed by atoms with E-state index in [1.54, 1.807) is 31.3 Å². The number of nitrogens with zero attached hydrogens (tertiary/aromatic N) is 4. The second-order valence-electron chi connectivity index (χ2n) is 5.38. The molecule has 0 amide bonds. The van der Waals surface area contributed by atoms with Gasteiger partial charge in [0.2, 0.25) is 0 Å². The molecule has 0 fully saturated rings. The van der Waals surface area contributed by atoms with Crippen LogP contribution in [0.15, 0.2) is 35.7 Å². The summed E-state index contributed by atoms with van der Waals surface area (Å²) >= 11 is 1.56. The number of nitrogens with one attached hydrogen (secondary N) is 1. The van der Waals surface area contributed by atoms with Gasteiger partial charge in [-0.2, -0.15) is 5.10 Å². The van der Waals surface area contributed by atoms with Gasteiger partial charge in [-0.15, -0.1) is 0 Å². The van der Waals surface area contributed by atoms with Crippen LogP contribution in [0, 0.1) is 0 Å². The lowest BCUT2D eigenvalue weighted by Gasteiger charge is -2.15. The number of ether oxygens (including phenoxy) is 1. The summed E-state index contributed by atoms with van der Waals surface area (Å²) in [5.41, 5.74) is 3.76. The van der Waals surface area contributed by atoms with Gasteiger partial charge in [0.15, 0.2) is 5.16 Å². The molecule has 3 aromatic heterocycles. The summed E-state index contributed by atoms with van der Waals surface area (Å²) in [4.78, 5) is 9.26. The average Bonchev–Trinajstić information content (AvgIpc) is 3.09. The molecule has 0 saturated carbocycles. The molecule has 3 heterocycles. The molecule has 0 saturated heterocycles. The fourth-order valence-electron chi connectivity index (χ4n) is 2.64. The number of thioether (sulfide) groups is 1. The normalized spacial score (nSPS) is 12.5. The van der Waals surface area contributed by atoms with Gasteiger partial charge in [-0.3, -0.25) is 4.98 Å². The first-order chi connectivity index (χ1) is 11.7. The molecule has 0 aliphatic heterocycles. The van der Waals surface area contributed by atoms with Gasteiger partial charge in [-0.05, 0) is 37.9 Å². The van der Waals surface area contributed by atoms with Gasteiger partial charge in [0, 0.05) is 11.6 Å². The van der Waals surface area contributed by atoms with Gasteiger partial charge in [0.1, 0.15) is 5.75 Å². The van der Waals surface area contributed by atoms with Crippen molar-refractivity contribution < 1.29 is 4.74 Å². The number of rotatable bonds is 6. The average molecular weight is 343 g/mol. The maximum atomic E-state index is 5.51. The summed E-state index contributed by atoms with van der Waals surface area (Å²) in [6.07, 6.45) is 5.54. The van der Waals surface area contributed by atoms with Crippen molar-refractivity contribution in [3.8, 4) is 17.0 Å². The van der Waals surface area contributed by atoms with Gasteiger partial charge in [-0.25, -0.2) is 9.50 Å². The molecule has 0 unspecified atom stereocenters. The molecular weight excluding hydrogens is 322 g/mol. The van der Waals surface area contributed by atoms with Crippen molar-refractivity contribution in [3.63, 3.8) is 0 Å². The molecule has 0 aliphatic rings. The predicted molar refractivity (Wildman–Crippen MR) is 96.6 cm³/mol. The Bertz CT molecular complexity index is 848. The topological polar surface area (TPSA) is 64.3 Å². The Labute approximate surface area is 145 Å². The molecule has 0 spiro atoms. The second-order valence-corrected chi connectivity index (χ2v) is 6.16. The number of pyridine rings is 1. The monoisotopic (exact) mass is 343 g/mol. The highest BCUT2D eigenvalue weighted by Crippen LogP contribution is 2.32. The zero-order chi connectivity index (χ0) is 17.1. The molecule has 1 atom stereocenters. The molecule has 6 nitrogen and oxygen atoms in total. The molecule has 1 N–H and O–H groups in total. The van der Waals surface area contributed by atoms with Crippen LogP contribution in [0.3, 0.4) is 0 Å². The Balaban J connectivity index is 2.14. The SMILES string of the molecule is CCN[C@H](C)c1cc(-c2cc3ccnn3c(SC)n2)c(OC)cn1. The van der Waals surface area contributed by atoms with E-state index in [0.29, 0.717) is 5.75 Å². The lowest BCUT2D eigenvalue weighted by Crippen LogP contribution is -2.18. The molecule has 0 bridgehead atoms. The molecule has 0 aliphatic carbocycles. The van der Waals surface area contributed by atoms with E-state index >= 15 is 0 Å². The third-order valence-electron chi connectivity index (χ3n) is 3.87. The summed E-state index contributed by atoms with van der Waals surface area (Å²) in [6.45, 7) is 5.07. The molecule has 126 valence electrons. The maximum absolute atomic E-state index is 5.51. The summed E-state index contributed by atoms with van der Waals surface area (Å²) in [6, 6.07) is 6.21. The zero-order valence-electron chi connectivity index (χ0n) is 14.3. The Morgan fingerprint density at radius 1 is 1.38 bits per heavy atom. The Morgan fingerprint density at radius 3 is 2.92 bits per heavy atom. The van der Waals surface area contributed by atoms with E-state index in [2.05, 4.69) is 29.2 Å². The Hall–Kier alpha value is -2.12. The molecule has 7 heteroatoms. The smallest absolute Gasteiger partial charge is 0.189 e. The largest absolute Gasteiger partial charge is 0.494 e. The van der Waals surface area contributed by atoms with Crippen LogP contribution in [-0.2, 0) is 0 Å². The van der Waals surface area contributed by atoms with E-state index < -0.39 is 0 Å². The van der Waals surface area contributed by atoms with Gasteiger partial charge >= 0.3 is 0 Å². The lowest BCUT2D eigenvalue weighted by molar-refractivity contribution is 0.413. The van der Waals surface area contributed by atoms with Gasteiger partial charge < -0.3 is 10.1 Å². The van der Waals surface area contributed by atoms with Gasteiger partial charge in [0.25, 0.3) is 0 Å². The van der Waals surface area contributed by atoms with E-state index in [4.69, 9.17) is 9.72 Å². The van der Waals surface area contributed by atoms with Crippen molar-refractivity contribution in [2.24, 2.45) is 0 Å². The van der Waals surface area contributed by atoms with Crippen LogP contribution in [0.1, 0.15) is 25.6 Å². The van der Waals surface area contributed by atoms with Crippen LogP contribution in [0.4, 0.5) is 0 Å². The standard InChI is InChI=1S/C17H21N5OS/c1-5-18-11(2)14-9-13(16(23-3)10-19-14)15-8-12-6-7-20-22(12)17(21-15)24-4/h6-11,18H,5H2,1-4H3/t11-/m1/s1. The highest BCUT2D eigenvalue weighted by Gasteiger charge is 2.15. The minimum absolute atomic E-state index is 0.165. The zero-order valence-corrected chi connectivity index (χ0v) is 15.1. The van der Waals surface area contributed by atoms with Crippen molar-refractivity contribution in [3.05, 3.63) is 36.3 Å². The fourth-order valence-corrected chi connectivity index (χ4v) is 3.16.